The molecule has 4 heterocycles. The van der Waals surface area contributed by atoms with E-state index in [1.807, 2.05) is 72.8 Å². The third-order valence-corrected chi connectivity index (χ3v) is 23.9. The number of carbonyl (C=O) groups is 15. The van der Waals surface area contributed by atoms with E-state index in [0.717, 1.165) is 106 Å². The number of hydrogen-bond donors (Lipinski definition) is 5. The van der Waals surface area contributed by atoms with E-state index in [4.69, 9.17) is 28.4 Å². The van der Waals surface area contributed by atoms with Gasteiger partial charge in [-0.25, -0.2) is 0 Å². The largest absolute Gasteiger partial charge is 0.481 e. The van der Waals surface area contributed by atoms with Crippen LogP contribution in [0.5, 0.6) is 0 Å². The first-order valence-electron chi connectivity index (χ1n) is 41.2. The van der Waals surface area contributed by atoms with E-state index >= 15 is 0 Å². The molecular weight excluding hydrogens is 1510 g/mol. The maximum atomic E-state index is 14.6. The quantitative estimate of drug-likeness (QED) is 0.0215. The first-order valence-corrected chi connectivity index (χ1v) is 41.2. The third-order valence-electron chi connectivity index (χ3n) is 23.9. The lowest BCUT2D eigenvalue weighted by atomic mass is 9.90. The molecule has 0 aromatic heterocycles. The van der Waals surface area contributed by atoms with E-state index in [9.17, 15) is 77.0 Å². The van der Waals surface area contributed by atoms with Crippen LogP contribution in [0.1, 0.15) is 194 Å². The Bertz CT molecular complexity index is 4000. The van der Waals surface area contributed by atoms with Crippen LogP contribution in [0.15, 0.2) is 72.8 Å². The van der Waals surface area contributed by atoms with Crippen molar-refractivity contribution in [2.75, 3.05) is 87.1 Å². The number of carboxylic acids is 1. The fourth-order valence-electron chi connectivity index (χ4n) is 16.8. The molecule has 30 heteroatoms. The van der Waals surface area contributed by atoms with Crippen molar-refractivity contribution in [2.24, 2.45) is 16.2 Å². The second kappa shape index (κ2) is 38.3. The number of carboxylic acid groups (broad SMARTS) is 1. The van der Waals surface area contributed by atoms with Crippen LogP contribution in [0.2, 0.25) is 0 Å². The van der Waals surface area contributed by atoms with Gasteiger partial charge < -0.3 is 74.4 Å². The van der Waals surface area contributed by atoms with Gasteiger partial charge in [0, 0.05) is 74.6 Å². The van der Waals surface area contributed by atoms with Crippen LogP contribution in [0, 0.1) is 16.2 Å². The summed E-state index contributed by atoms with van der Waals surface area (Å²) in [5.41, 5.74) is 5.27. The molecule has 4 aromatic rings. The van der Waals surface area contributed by atoms with E-state index in [1.54, 1.807) is 0 Å². The molecule has 4 aliphatic carbocycles. The van der Waals surface area contributed by atoms with Gasteiger partial charge in [-0.15, -0.1) is 0 Å². The predicted octanol–water partition coefficient (Wildman–Crippen LogP) is 7.94. The van der Waals surface area contributed by atoms with Crippen molar-refractivity contribution in [1.82, 2.24) is 19.6 Å². The minimum atomic E-state index is -2.33. The number of aryl methyl sites for hydroxylation is 8. The SMILES string of the molecule is CC(COC(=O)C(C)(COC(=O)CCC(=O)N1CCCC1C(=O)Nc1ccc2c(c1)CCC2)COC(=O)CCC(=O)N1CCCC1C(=O)Nc1ccc2c(c1)CCC2)(COC(=O)C(C)(COC(=O)CCC(=O)N1CCCC1C(=O)Nc1ccc2c(c1)CCC2)COC(=O)CCC(=O)N1CCCC1C(=O)Nc1ccc2c(c1)CCC2)C(=O)O. The second-order valence-corrected chi connectivity index (χ2v) is 33.1. The zero-order valence-corrected chi connectivity index (χ0v) is 66.9. The molecule has 8 aliphatic rings. The average molecular weight is 1620 g/mol. The normalized spacial score (nSPS) is 19.8. The van der Waals surface area contributed by atoms with Crippen molar-refractivity contribution >= 4 is 112 Å². The Kier molecular flexibility index (Phi) is 28.0. The van der Waals surface area contributed by atoms with Crippen molar-refractivity contribution in [1.29, 1.82) is 0 Å². The monoisotopic (exact) mass is 1610 g/mol. The zero-order chi connectivity index (χ0) is 83.1. The van der Waals surface area contributed by atoms with E-state index in [1.165, 1.54) is 55.7 Å². The summed E-state index contributed by atoms with van der Waals surface area (Å²) in [7, 11) is 0. The number of aliphatic carboxylic acids is 1. The second-order valence-electron chi connectivity index (χ2n) is 33.1. The van der Waals surface area contributed by atoms with Crippen LogP contribution in [0.3, 0.4) is 0 Å². The van der Waals surface area contributed by atoms with Gasteiger partial charge in [0.25, 0.3) is 0 Å². The van der Waals surface area contributed by atoms with E-state index in [2.05, 4.69) is 21.3 Å². The highest BCUT2D eigenvalue weighted by Gasteiger charge is 2.47. The molecule has 4 aliphatic heterocycles. The highest BCUT2D eigenvalue weighted by atomic mass is 16.6. The van der Waals surface area contributed by atoms with Crippen molar-refractivity contribution in [3.05, 3.63) is 117 Å². The molecule has 4 unspecified atom stereocenters. The standard InChI is InChI=1S/C87H106N8O22/c1-85(82(108)109,48-116-83(110)86(2,50-112-74(100)36-32-70(96)92-40-8-20-66(92)78(104)88-62-28-24-54-12-4-16-58(54)44-62)51-113-75(101)37-33-71(97)93-41-9-21-67(93)79(105)89-63-29-25-55-13-5-17-59(55)45-63)49-117-84(111)87(3,52-114-76(102)38-34-72(98)94-42-10-22-68(94)80(106)90-64-30-26-56-14-6-18-60(56)46-64)53-115-77(103)39-35-73(99)95-43-11-23-69(95)81(107)91-65-31-27-57-15-7-19-61(57)47-65/h24-31,44-47,66-69H,4-23,32-43,48-53H2,1-3H3,(H,88,104)(H,89,105)(H,90,106)(H,91,107)(H,108,109). The topological polar surface area (TPSA) is 393 Å². The molecule has 4 fully saturated rings. The van der Waals surface area contributed by atoms with Gasteiger partial charge in [0.2, 0.25) is 47.3 Å². The molecule has 4 aromatic carbocycles. The Morgan fingerprint density at radius 1 is 0.308 bits per heavy atom. The van der Waals surface area contributed by atoms with Crippen molar-refractivity contribution in [2.45, 2.75) is 225 Å². The Hall–Kier alpha value is -11.1. The smallest absolute Gasteiger partial charge is 0.318 e. The van der Waals surface area contributed by atoms with Gasteiger partial charge in [0.05, 0.1) is 25.7 Å². The summed E-state index contributed by atoms with van der Waals surface area (Å²) in [6.07, 6.45) is 11.3. The average Bonchev–Trinajstić information content (AvgIpc) is 1.35. The first kappa shape index (κ1) is 85.3. The third kappa shape index (κ3) is 21.6. The minimum absolute atomic E-state index is 0.247. The van der Waals surface area contributed by atoms with Crippen LogP contribution in [0.4, 0.5) is 22.7 Å². The van der Waals surface area contributed by atoms with Gasteiger partial charge in [0.1, 0.15) is 80.1 Å². The van der Waals surface area contributed by atoms with E-state index in [-0.39, 0.29) is 49.8 Å². The van der Waals surface area contributed by atoms with Gasteiger partial charge in [0.15, 0.2) is 0 Å². The maximum Gasteiger partial charge on any atom is 0.318 e. The fraction of sp³-hybridized carbons (Fsp3) is 0.552. The van der Waals surface area contributed by atoms with Crippen molar-refractivity contribution in [3.8, 4) is 0 Å². The Balaban J connectivity index is 0.679. The highest BCUT2D eigenvalue weighted by molar-refractivity contribution is 6.01. The molecule has 8 amide bonds. The van der Waals surface area contributed by atoms with Crippen LogP contribution >= 0.6 is 0 Å². The van der Waals surface area contributed by atoms with Crippen LogP contribution in [0.25, 0.3) is 0 Å². The number of benzene rings is 4. The summed E-state index contributed by atoms with van der Waals surface area (Å²) >= 11 is 0. The van der Waals surface area contributed by atoms with Gasteiger partial charge in [-0.2, -0.15) is 0 Å². The lowest BCUT2D eigenvalue weighted by Crippen LogP contribution is -2.46. The lowest BCUT2D eigenvalue weighted by Gasteiger charge is -2.31. The van der Waals surface area contributed by atoms with Crippen LogP contribution in [-0.4, -0.2) is 204 Å². The molecule has 0 radical (unpaired) electrons. The summed E-state index contributed by atoms with van der Waals surface area (Å²) < 4.78 is 33.6. The summed E-state index contributed by atoms with van der Waals surface area (Å²) in [4.78, 5) is 212. The number of nitrogens with zero attached hydrogens (tertiary/aromatic N) is 4. The first-order chi connectivity index (χ1) is 56.1. The molecular formula is C87H106N8O22. The maximum absolute atomic E-state index is 14.6. The number of carbonyl (C=O) groups excluding carboxylic acids is 14. The van der Waals surface area contributed by atoms with Crippen LogP contribution in [-0.2, 0) is 152 Å². The number of esters is 6. The van der Waals surface area contributed by atoms with Gasteiger partial charge in [-0.3, -0.25) is 71.9 Å². The molecule has 5 N–H and O–H groups in total. The zero-order valence-electron chi connectivity index (χ0n) is 66.9. The molecule has 4 atom stereocenters. The molecule has 4 saturated heterocycles. The summed E-state index contributed by atoms with van der Waals surface area (Å²) in [6.45, 7) is -1.28. The molecule has 0 spiro atoms. The van der Waals surface area contributed by atoms with Gasteiger partial charge >= 0.3 is 41.8 Å². The number of anilines is 4. The van der Waals surface area contributed by atoms with Crippen molar-refractivity contribution in [3.63, 3.8) is 0 Å². The number of amides is 8. The lowest BCUT2D eigenvalue weighted by molar-refractivity contribution is -0.180. The molecule has 117 heavy (non-hydrogen) atoms. The molecule has 626 valence electrons. The Morgan fingerprint density at radius 2 is 0.530 bits per heavy atom. The van der Waals surface area contributed by atoms with Gasteiger partial charge in [-0.1, -0.05) is 24.3 Å². The Labute approximate surface area is 679 Å². The molecule has 12 rings (SSSR count). The summed E-state index contributed by atoms with van der Waals surface area (Å²) in [5, 5.41) is 22.5. The van der Waals surface area contributed by atoms with Gasteiger partial charge in [-0.05, 0) is 242 Å². The number of rotatable bonds is 35. The van der Waals surface area contributed by atoms with E-state index in [0.29, 0.717) is 74.1 Å². The molecule has 0 saturated carbocycles. The highest BCUT2D eigenvalue weighted by Crippen LogP contribution is 2.34. The van der Waals surface area contributed by atoms with Crippen molar-refractivity contribution < 1.29 is 105 Å². The fourth-order valence-corrected chi connectivity index (χ4v) is 16.8. The predicted molar refractivity (Wildman–Crippen MR) is 422 cm³/mol. The molecule has 0 bridgehead atoms. The number of hydrogen-bond acceptors (Lipinski definition) is 21. The Morgan fingerprint density at radius 3 is 0.761 bits per heavy atom. The number of ether oxygens (including phenoxy) is 6. The minimum Gasteiger partial charge on any atom is -0.481 e. The molecule has 30 nitrogen and oxygen atoms in total. The summed E-state index contributed by atoms with van der Waals surface area (Å²) in [6, 6.07) is 19.7. The summed E-state index contributed by atoms with van der Waals surface area (Å²) in [5.74, 6) is -11.9. The van der Waals surface area contributed by atoms with E-state index < -0.39 is 197 Å². The number of likely N-dealkylation sites (tertiary alicyclic amines) is 4. The van der Waals surface area contributed by atoms with Crippen LogP contribution < -0.4 is 21.3 Å². The number of fused-ring (bicyclic) bond motifs is 4. The number of nitrogens with one attached hydrogen (secondary N) is 4.